The topological polar surface area (TPSA) is 100 Å². The number of piperazine rings is 1. The Kier molecular flexibility index (Phi) is 9.73. The van der Waals surface area contributed by atoms with E-state index in [1.54, 1.807) is 54.6 Å². The van der Waals surface area contributed by atoms with Gasteiger partial charge in [-0.2, -0.15) is 5.10 Å². The van der Waals surface area contributed by atoms with Crippen LogP contribution in [0.4, 0.5) is 21.7 Å². The number of methoxy groups -OCH3 is 1. The van der Waals surface area contributed by atoms with Crippen LogP contribution in [-0.4, -0.2) is 82.4 Å². The minimum Gasteiger partial charge on any atom is -0.383 e. The minimum atomic E-state index is -0.335. The van der Waals surface area contributed by atoms with Gasteiger partial charge in [0.1, 0.15) is 5.82 Å². The van der Waals surface area contributed by atoms with E-state index in [1.165, 1.54) is 6.07 Å². The fourth-order valence-electron chi connectivity index (χ4n) is 4.56. The summed E-state index contributed by atoms with van der Waals surface area (Å²) >= 11 is 0. The predicted molar refractivity (Wildman–Crippen MR) is 164 cm³/mol. The normalized spacial score (nSPS) is 13.8. The Morgan fingerprint density at radius 2 is 1.81 bits per heavy atom. The van der Waals surface area contributed by atoms with E-state index in [1.807, 2.05) is 19.2 Å². The molecule has 2 aromatic heterocycles. The highest BCUT2D eigenvalue weighted by atomic mass is 19.1. The van der Waals surface area contributed by atoms with Crippen LogP contribution in [0.15, 0.2) is 61.2 Å². The molecule has 0 unspecified atom stereocenters. The molecule has 1 saturated heterocycles. The van der Waals surface area contributed by atoms with E-state index in [4.69, 9.17) is 4.74 Å². The number of carbonyl (C=O) groups excluding carboxylic acids is 1. The molecular weight excluding hydrogens is 547 g/mol. The number of rotatable bonds is 9. The van der Waals surface area contributed by atoms with Crippen molar-refractivity contribution in [2.75, 3.05) is 57.6 Å². The highest BCUT2D eigenvalue weighted by molar-refractivity contribution is 6.04. The monoisotopic (exact) mass is 582 g/mol. The summed E-state index contributed by atoms with van der Waals surface area (Å²) in [7, 11) is 3.74. The van der Waals surface area contributed by atoms with Crippen molar-refractivity contribution < 1.29 is 13.9 Å². The average Bonchev–Trinajstić information content (AvgIpc) is 3.46. The lowest BCUT2D eigenvalue weighted by molar-refractivity contribution is 0.102. The molecule has 0 bridgehead atoms. The fraction of sp³-hybridized carbons (Fsp3) is 0.312. The molecule has 2 aromatic carbocycles. The third kappa shape index (κ3) is 8.23. The zero-order valence-corrected chi connectivity index (χ0v) is 24.6. The Labute approximate surface area is 250 Å². The second kappa shape index (κ2) is 14.0. The quantitative estimate of drug-likeness (QED) is 0.287. The smallest absolute Gasteiger partial charge is 0.255 e. The lowest BCUT2D eigenvalue weighted by Crippen LogP contribution is -2.44. The van der Waals surface area contributed by atoms with E-state index in [2.05, 4.69) is 54.4 Å². The van der Waals surface area contributed by atoms with Crippen molar-refractivity contribution in [1.29, 1.82) is 0 Å². The van der Waals surface area contributed by atoms with E-state index in [0.717, 1.165) is 37.4 Å². The number of aryl methyl sites for hydroxylation is 1. The van der Waals surface area contributed by atoms with Crippen LogP contribution in [-0.2, 0) is 17.8 Å². The van der Waals surface area contributed by atoms with Crippen LogP contribution in [0, 0.1) is 24.6 Å². The summed E-state index contributed by atoms with van der Waals surface area (Å²) in [5.41, 5.74) is 4.48. The summed E-state index contributed by atoms with van der Waals surface area (Å²) in [5.74, 6) is 5.95. The zero-order chi connectivity index (χ0) is 30.2. The maximum atomic E-state index is 14.9. The predicted octanol–water partition coefficient (Wildman–Crippen LogP) is 3.91. The molecule has 2 N–H and O–H groups in total. The lowest BCUT2D eigenvalue weighted by Gasteiger charge is -2.32. The highest BCUT2D eigenvalue weighted by Crippen LogP contribution is 2.19. The van der Waals surface area contributed by atoms with E-state index in [-0.39, 0.29) is 11.7 Å². The Hall–Kier alpha value is -4.63. The van der Waals surface area contributed by atoms with Gasteiger partial charge < -0.3 is 20.3 Å². The maximum Gasteiger partial charge on any atom is 0.255 e. The Bertz CT molecular complexity index is 1620. The largest absolute Gasteiger partial charge is 0.383 e. The minimum absolute atomic E-state index is 0.326. The van der Waals surface area contributed by atoms with Crippen molar-refractivity contribution in [2.45, 2.75) is 20.0 Å². The maximum absolute atomic E-state index is 14.9. The number of benzene rings is 2. The molecule has 1 aliphatic heterocycles. The molecule has 10 nitrogen and oxygen atoms in total. The van der Waals surface area contributed by atoms with Gasteiger partial charge in [0.05, 0.1) is 30.6 Å². The average molecular weight is 583 g/mol. The van der Waals surface area contributed by atoms with E-state index in [0.29, 0.717) is 53.6 Å². The summed E-state index contributed by atoms with van der Waals surface area (Å²) in [4.78, 5) is 26.2. The van der Waals surface area contributed by atoms with Crippen molar-refractivity contribution in [3.63, 3.8) is 0 Å². The molecule has 5 rings (SSSR count). The molecule has 11 heteroatoms. The number of nitrogens with zero attached hydrogens (tertiary/aromatic N) is 6. The van der Waals surface area contributed by atoms with Crippen LogP contribution in [0.2, 0.25) is 0 Å². The third-order valence-corrected chi connectivity index (χ3v) is 7.21. The number of anilines is 3. The van der Waals surface area contributed by atoms with Crippen LogP contribution >= 0.6 is 0 Å². The first-order valence-electron chi connectivity index (χ1n) is 14.1. The Morgan fingerprint density at radius 3 is 2.56 bits per heavy atom. The summed E-state index contributed by atoms with van der Waals surface area (Å²) in [5, 5.41) is 10.2. The number of carbonyl (C=O) groups is 1. The SMILES string of the molecule is COCCn1cc(Nc2ncc(C#Cc3cc(C(=O)Nc4ccc(CN5CCN(C)CC5)c(F)c4)ccc3C)cn2)cn1. The molecule has 3 heterocycles. The zero-order valence-electron chi connectivity index (χ0n) is 24.6. The number of aromatic nitrogens is 4. The van der Waals surface area contributed by atoms with Crippen LogP contribution in [0.1, 0.15) is 32.6 Å². The number of amides is 1. The van der Waals surface area contributed by atoms with E-state index >= 15 is 0 Å². The standard InChI is InChI=1S/C32H35FN8O2/c1-23-4-6-26(31(42)37-28-9-8-27(30(33)17-28)21-40-12-10-39(2)11-13-40)16-25(23)7-5-24-18-34-32(35-19-24)38-29-20-36-41(22-29)14-15-43-3/h4,6,8-9,16-20,22H,10-15,21H2,1-3H3,(H,37,42)(H,34,35,38). The highest BCUT2D eigenvalue weighted by Gasteiger charge is 2.16. The summed E-state index contributed by atoms with van der Waals surface area (Å²) in [6.07, 6.45) is 6.81. The molecule has 1 amide bonds. The number of likely N-dealkylation sites (N-methyl/N-ethyl adjacent to an activating group) is 1. The number of nitrogens with one attached hydrogen (secondary N) is 2. The van der Waals surface area contributed by atoms with Gasteiger partial charge in [0.25, 0.3) is 5.91 Å². The molecule has 0 spiro atoms. The van der Waals surface area contributed by atoms with Crippen LogP contribution in [0.3, 0.4) is 0 Å². The van der Waals surface area contributed by atoms with Gasteiger partial charge in [-0.1, -0.05) is 24.0 Å². The Morgan fingerprint density at radius 1 is 1.02 bits per heavy atom. The van der Waals surface area contributed by atoms with Crippen LogP contribution in [0.25, 0.3) is 0 Å². The van der Waals surface area contributed by atoms with Gasteiger partial charge in [0.2, 0.25) is 5.95 Å². The van der Waals surface area contributed by atoms with Crippen molar-refractivity contribution in [2.24, 2.45) is 0 Å². The lowest BCUT2D eigenvalue weighted by atomic mass is 10.0. The molecule has 1 fully saturated rings. The summed E-state index contributed by atoms with van der Waals surface area (Å²) in [6, 6.07) is 10.2. The van der Waals surface area contributed by atoms with Gasteiger partial charge in [-0.05, 0) is 43.8 Å². The molecule has 4 aromatic rings. The van der Waals surface area contributed by atoms with Gasteiger partial charge in [-0.25, -0.2) is 14.4 Å². The van der Waals surface area contributed by atoms with Crippen molar-refractivity contribution in [1.82, 2.24) is 29.5 Å². The first-order valence-corrected chi connectivity index (χ1v) is 14.1. The number of halogens is 1. The van der Waals surface area contributed by atoms with Gasteiger partial charge >= 0.3 is 0 Å². The van der Waals surface area contributed by atoms with Crippen molar-refractivity contribution in [3.05, 3.63) is 94.8 Å². The van der Waals surface area contributed by atoms with Gasteiger partial charge in [-0.15, -0.1) is 0 Å². The molecule has 43 heavy (non-hydrogen) atoms. The molecular formula is C32H35FN8O2. The van der Waals surface area contributed by atoms with Gasteiger partial charge in [0.15, 0.2) is 0 Å². The number of ether oxygens (including phenoxy) is 1. The molecule has 1 aliphatic rings. The van der Waals surface area contributed by atoms with Crippen LogP contribution in [0.5, 0.6) is 0 Å². The van der Waals surface area contributed by atoms with Crippen molar-refractivity contribution in [3.8, 4) is 11.8 Å². The van der Waals surface area contributed by atoms with Crippen LogP contribution < -0.4 is 10.6 Å². The van der Waals surface area contributed by atoms with E-state index < -0.39 is 0 Å². The van der Waals surface area contributed by atoms with Crippen molar-refractivity contribution >= 4 is 23.2 Å². The third-order valence-electron chi connectivity index (χ3n) is 7.21. The number of hydrogen-bond acceptors (Lipinski definition) is 8. The first kappa shape index (κ1) is 29.8. The summed E-state index contributed by atoms with van der Waals surface area (Å²) < 4.78 is 21.7. The fourth-order valence-corrected chi connectivity index (χ4v) is 4.56. The molecule has 0 atom stereocenters. The summed E-state index contributed by atoms with van der Waals surface area (Å²) in [6.45, 7) is 7.47. The molecule has 0 radical (unpaired) electrons. The molecule has 222 valence electrons. The number of hydrogen-bond donors (Lipinski definition) is 2. The van der Waals surface area contributed by atoms with Gasteiger partial charge in [-0.3, -0.25) is 14.4 Å². The second-order valence-corrected chi connectivity index (χ2v) is 10.5. The molecule has 0 aliphatic carbocycles. The van der Waals surface area contributed by atoms with Gasteiger partial charge in [0, 0.05) is 80.8 Å². The molecule has 0 saturated carbocycles. The second-order valence-electron chi connectivity index (χ2n) is 10.5. The first-order chi connectivity index (χ1) is 20.9. The van der Waals surface area contributed by atoms with E-state index in [9.17, 15) is 9.18 Å². The Balaban J connectivity index is 1.20.